The normalized spacial score (nSPS) is 11.4. The van der Waals surface area contributed by atoms with Crippen molar-refractivity contribution in [3.8, 4) is 0 Å². The molecule has 0 amide bonds. The molecule has 1 aromatic carbocycles. The van der Waals surface area contributed by atoms with Crippen molar-refractivity contribution >= 4 is 23.0 Å². The second-order valence-corrected chi connectivity index (χ2v) is 3.86. The molecule has 0 atom stereocenters. The predicted molar refractivity (Wildman–Crippen MR) is 66.3 cm³/mol. The molecule has 1 rings (SSSR count). The lowest BCUT2D eigenvalue weighted by molar-refractivity contribution is -0.385. The fourth-order valence-electron chi connectivity index (χ4n) is 1.13. The molecule has 0 saturated heterocycles. The van der Waals surface area contributed by atoms with Crippen LogP contribution in [0.15, 0.2) is 23.4 Å². The molecule has 5 nitrogen and oxygen atoms in total. The minimum atomic E-state index is -0.485. The summed E-state index contributed by atoms with van der Waals surface area (Å²) in [5.74, 6) is 0. The zero-order valence-corrected chi connectivity index (χ0v) is 10.4. The van der Waals surface area contributed by atoms with E-state index in [1.54, 1.807) is 6.07 Å². The summed E-state index contributed by atoms with van der Waals surface area (Å²) in [6, 6.07) is 4.51. The number of nitro groups is 1. The molecular weight excluding hydrogens is 244 g/mol. The van der Waals surface area contributed by atoms with E-state index in [4.69, 9.17) is 16.4 Å². The number of hydrogen-bond donors (Lipinski definition) is 0. The van der Waals surface area contributed by atoms with Crippen molar-refractivity contribution in [1.82, 2.24) is 0 Å². The van der Waals surface area contributed by atoms with Crippen LogP contribution in [0.25, 0.3) is 0 Å². The molecule has 0 unspecified atom stereocenters. The standard InChI is InChI=1S/C11H13ClN2O3/c1-3-8(2)13-17-7-9-10(12)5-4-6-11(9)14(15)16/h4-6H,3,7H2,1-2H3. The van der Waals surface area contributed by atoms with Crippen molar-refractivity contribution in [2.24, 2.45) is 5.16 Å². The monoisotopic (exact) mass is 256 g/mol. The van der Waals surface area contributed by atoms with Crippen LogP contribution in [0.4, 0.5) is 5.69 Å². The largest absolute Gasteiger partial charge is 0.391 e. The van der Waals surface area contributed by atoms with Gasteiger partial charge in [-0.25, -0.2) is 0 Å². The Labute approximate surface area is 104 Å². The highest BCUT2D eigenvalue weighted by atomic mass is 35.5. The van der Waals surface area contributed by atoms with E-state index >= 15 is 0 Å². The van der Waals surface area contributed by atoms with Gasteiger partial charge in [0.15, 0.2) is 0 Å². The minimum absolute atomic E-state index is 0.00662. The van der Waals surface area contributed by atoms with Gasteiger partial charge in [-0.2, -0.15) is 0 Å². The molecule has 92 valence electrons. The summed E-state index contributed by atoms with van der Waals surface area (Å²) >= 11 is 5.89. The Hall–Kier alpha value is -1.62. The number of hydrogen-bond acceptors (Lipinski definition) is 4. The molecule has 17 heavy (non-hydrogen) atoms. The van der Waals surface area contributed by atoms with E-state index in [1.807, 2.05) is 13.8 Å². The van der Waals surface area contributed by atoms with Crippen molar-refractivity contribution in [3.63, 3.8) is 0 Å². The van der Waals surface area contributed by atoms with Crippen LogP contribution < -0.4 is 0 Å². The number of rotatable bonds is 5. The highest BCUT2D eigenvalue weighted by Gasteiger charge is 2.16. The van der Waals surface area contributed by atoms with Crippen LogP contribution in [0, 0.1) is 10.1 Å². The third kappa shape index (κ3) is 3.71. The fourth-order valence-corrected chi connectivity index (χ4v) is 1.36. The lowest BCUT2D eigenvalue weighted by Gasteiger charge is -2.04. The molecule has 1 aromatic rings. The molecular formula is C11H13ClN2O3. The van der Waals surface area contributed by atoms with E-state index in [2.05, 4.69) is 5.16 Å². The topological polar surface area (TPSA) is 64.7 Å². The zero-order chi connectivity index (χ0) is 12.8. The van der Waals surface area contributed by atoms with Gasteiger partial charge >= 0.3 is 0 Å². The number of halogens is 1. The second-order valence-electron chi connectivity index (χ2n) is 3.45. The first-order chi connectivity index (χ1) is 8.06. The quantitative estimate of drug-likeness (QED) is 0.460. The van der Waals surface area contributed by atoms with Gasteiger partial charge in [-0.1, -0.05) is 29.7 Å². The van der Waals surface area contributed by atoms with Gasteiger partial charge in [0, 0.05) is 6.07 Å². The van der Waals surface area contributed by atoms with E-state index in [9.17, 15) is 10.1 Å². The number of benzene rings is 1. The first kappa shape index (κ1) is 13.4. The average Bonchev–Trinajstić information content (AvgIpc) is 2.30. The van der Waals surface area contributed by atoms with Gasteiger partial charge in [-0.3, -0.25) is 10.1 Å². The minimum Gasteiger partial charge on any atom is -0.391 e. The first-order valence-corrected chi connectivity index (χ1v) is 5.51. The van der Waals surface area contributed by atoms with Crippen LogP contribution in [-0.4, -0.2) is 10.6 Å². The molecule has 0 aliphatic rings. The van der Waals surface area contributed by atoms with E-state index in [0.717, 1.165) is 12.1 Å². The molecule has 0 fully saturated rings. The van der Waals surface area contributed by atoms with Crippen molar-refractivity contribution in [2.75, 3.05) is 0 Å². The summed E-state index contributed by atoms with van der Waals surface area (Å²) in [4.78, 5) is 15.3. The van der Waals surface area contributed by atoms with E-state index < -0.39 is 4.92 Å². The number of oxime groups is 1. The summed E-state index contributed by atoms with van der Waals surface area (Å²) < 4.78 is 0. The Morgan fingerprint density at radius 1 is 1.59 bits per heavy atom. The van der Waals surface area contributed by atoms with Crippen LogP contribution in [0.2, 0.25) is 5.02 Å². The average molecular weight is 257 g/mol. The van der Waals surface area contributed by atoms with Gasteiger partial charge < -0.3 is 4.84 Å². The summed E-state index contributed by atoms with van der Waals surface area (Å²) in [7, 11) is 0. The van der Waals surface area contributed by atoms with Crippen LogP contribution >= 0.6 is 11.6 Å². The molecule has 0 spiro atoms. The van der Waals surface area contributed by atoms with Crippen LogP contribution in [0.1, 0.15) is 25.8 Å². The second kappa shape index (κ2) is 6.20. The molecule has 0 aliphatic carbocycles. The van der Waals surface area contributed by atoms with E-state index in [-0.39, 0.29) is 12.3 Å². The third-order valence-corrected chi connectivity index (χ3v) is 2.59. The predicted octanol–water partition coefficient (Wildman–Crippen LogP) is 3.55. The van der Waals surface area contributed by atoms with Gasteiger partial charge in [0.1, 0.15) is 6.61 Å². The third-order valence-electron chi connectivity index (χ3n) is 2.23. The Morgan fingerprint density at radius 3 is 2.88 bits per heavy atom. The van der Waals surface area contributed by atoms with Gasteiger partial charge in [0.05, 0.1) is 21.2 Å². The Balaban J connectivity index is 2.86. The Morgan fingerprint density at radius 2 is 2.29 bits per heavy atom. The smallest absolute Gasteiger partial charge is 0.277 e. The van der Waals surface area contributed by atoms with Crippen molar-refractivity contribution in [2.45, 2.75) is 26.9 Å². The summed E-state index contributed by atoms with van der Waals surface area (Å²) in [6.45, 7) is 3.76. The molecule has 0 aliphatic heterocycles. The molecule has 0 heterocycles. The highest BCUT2D eigenvalue weighted by Crippen LogP contribution is 2.26. The van der Waals surface area contributed by atoms with Gasteiger partial charge in [0.2, 0.25) is 0 Å². The van der Waals surface area contributed by atoms with E-state index in [0.29, 0.717) is 10.6 Å². The molecule has 6 heteroatoms. The van der Waals surface area contributed by atoms with Gasteiger partial charge in [-0.05, 0) is 19.4 Å². The lowest BCUT2D eigenvalue weighted by atomic mass is 10.2. The number of nitrogens with zero attached hydrogens (tertiary/aromatic N) is 2. The highest BCUT2D eigenvalue weighted by molar-refractivity contribution is 6.31. The molecule has 0 aromatic heterocycles. The van der Waals surface area contributed by atoms with Crippen LogP contribution in [0.3, 0.4) is 0 Å². The van der Waals surface area contributed by atoms with Gasteiger partial charge in [0.25, 0.3) is 5.69 Å². The van der Waals surface area contributed by atoms with Crippen LogP contribution in [0.5, 0.6) is 0 Å². The maximum absolute atomic E-state index is 10.8. The molecule has 0 radical (unpaired) electrons. The van der Waals surface area contributed by atoms with Crippen molar-refractivity contribution in [1.29, 1.82) is 0 Å². The zero-order valence-electron chi connectivity index (χ0n) is 9.64. The maximum Gasteiger partial charge on any atom is 0.277 e. The summed E-state index contributed by atoms with van der Waals surface area (Å²) in [5.41, 5.74) is 1.10. The Kier molecular flexibility index (Phi) is 4.90. The van der Waals surface area contributed by atoms with Crippen LogP contribution in [-0.2, 0) is 11.4 Å². The van der Waals surface area contributed by atoms with E-state index in [1.165, 1.54) is 12.1 Å². The maximum atomic E-state index is 10.8. The molecule has 0 N–H and O–H groups in total. The summed E-state index contributed by atoms with van der Waals surface area (Å²) in [5, 5.41) is 14.9. The SMILES string of the molecule is CCC(C)=NOCc1c(Cl)cccc1[N+](=O)[O-]. The number of nitro benzene ring substituents is 1. The van der Waals surface area contributed by atoms with Gasteiger partial charge in [-0.15, -0.1) is 0 Å². The summed E-state index contributed by atoms with van der Waals surface area (Å²) in [6.07, 6.45) is 0.768. The lowest BCUT2D eigenvalue weighted by Crippen LogP contribution is -1.98. The molecule has 0 bridgehead atoms. The fraction of sp³-hybridized carbons (Fsp3) is 0.364. The Bertz CT molecular complexity index is 446. The van der Waals surface area contributed by atoms with Crippen molar-refractivity contribution in [3.05, 3.63) is 38.9 Å². The van der Waals surface area contributed by atoms with Crippen molar-refractivity contribution < 1.29 is 9.76 Å². The first-order valence-electron chi connectivity index (χ1n) is 5.13. The molecule has 0 saturated carbocycles.